The summed E-state index contributed by atoms with van der Waals surface area (Å²) >= 11 is 3.56. The third kappa shape index (κ3) is 7.39. The fraction of sp³-hybridized carbons (Fsp3) is 0.353. The molecule has 0 unspecified atom stereocenters. The predicted octanol–water partition coefficient (Wildman–Crippen LogP) is 7.43. The van der Waals surface area contributed by atoms with Crippen molar-refractivity contribution in [3.8, 4) is 11.3 Å². The summed E-state index contributed by atoms with van der Waals surface area (Å²) in [6, 6.07) is 14.7. The molecule has 46 heavy (non-hydrogen) atoms. The van der Waals surface area contributed by atoms with Gasteiger partial charge in [-0.2, -0.15) is 0 Å². The second-order valence-electron chi connectivity index (χ2n) is 12.1. The van der Waals surface area contributed by atoms with Crippen LogP contribution in [0.5, 0.6) is 0 Å². The van der Waals surface area contributed by atoms with E-state index in [-0.39, 0.29) is 36.6 Å². The molecular weight excluding hydrogens is 677 g/mol. The van der Waals surface area contributed by atoms with Crippen LogP contribution < -0.4 is 9.62 Å². The number of halogens is 2. The summed E-state index contributed by atoms with van der Waals surface area (Å²) in [5.41, 5.74) is 3.94. The van der Waals surface area contributed by atoms with Crippen molar-refractivity contribution in [1.82, 2.24) is 10.2 Å². The number of sulfonamides is 1. The average Bonchev–Trinajstić information content (AvgIpc) is 3.79. The van der Waals surface area contributed by atoms with E-state index in [1.165, 1.54) is 40.5 Å². The lowest BCUT2D eigenvalue weighted by molar-refractivity contribution is 0.0962. The van der Waals surface area contributed by atoms with Crippen molar-refractivity contribution >= 4 is 54.6 Å². The number of rotatable bonds is 11. The van der Waals surface area contributed by atoms with E-state index in [1.54, 1.807) is 13.1 Å². The first-order valence-corrected chi connectivity index (χ1v) is 17.6. The van der Waals surface area contributed by atoms with Gasteiger partial charge in [-0.3, -0.25) is 9.10 Å². The van der Waals surface area contributed by atoms with Crippen LogP contribution in [0, 0.1) is 11.7 Å². The number of carbonyl (C=O) groups is 2. The Bertz CT molecular complexity index is 1890. The third-order valence-electron chi connectivity index (χ3n) is 7.78. The molecule has 1 saturated carbocycles. The van der Waals surface area contributed by atoms with E-state index in [1.807, 2.05) is 38.1 Å². The maximum Gasteiger partial charge on any atom is 0.409 e. The van der Waals surface area contributed by atoms with Crippen molar-refractivity contribution < 1.29 is 31.6 Å². The highest BCUT2D eigenvalue weighted by molar-refractivity contribution is 9.10. The fourth-order valence-corrected chi connectivity index (χ4v) is 6.57. The predicted molar refractivity (Wildman–Crippen MR) is 180 cm³/mol. The zero-order valence-corrected chi connectivity index (χ0v) is 28.8. The highest BCUT2D eigenvalue weighted by Crippen LogP contribution is 2.48. The quantitative estimate of drug-likeness (QED) is 0.173. The van der Waals surface area contributed by atoms with Crippen molar-refractivity contribution in [3.05, 3.63) is 87.1 Å². The number of ether oxygens (including phenoxy) is 1. The summed E-state index contributed by atoms with van der Waals surface area (Å²) in [5, 5.41) is 3.22. The SMILES string of the molecule is CNC(=O)c1c(-c2ccc(F)cc2)oc2cc(N(Cc3ccc(Br)c(CN(C)C(=O)OCC(C)C)c3)S(C)(=O)=O)c(C3CC3)cc12. The minimum Gasteiger partial charge on any atom is -0.455 e. The molecule has 1 fully saturated rings. The molecule has 1 aliphatic rings. The van der Waals surface area contributed by atoms with Gasteiger partial charge in [0.25, 0.3) is 5.91 Å². The van der Waals surface area contributed by atoms with E-state index >= 15 is 0 Å². The van der Waals surface area contributed by atoms with Crippen LogP contribution in [0.15, 0.2) is 63.5 Å². The van der Waals surface area contributed by atoms with Gasteiger partial charge in [-0.05, 0) is 77.8 Å². The van der Waals surface area contributed by atoms with Crippen LogP contribution in [-0.4, -0.2) is 52.3 Å². The lowest BCUT2D eigenvalue weighted by Gasteiger charge is -2.26. The molecule has 3 aromatic carbocycles. The Balaban J connectivity index is 1.56. The molecule has 1 N–H and O–H groups in total. The van der Waals surface area contributed by atoms with Gasteiger partial charge in [-0.1, -0.05) is 41.9 Å². The minimum absolute atomic E-state index is 0.0275. The second kappa shape index (κ2) is 13.4. The Kier molecular flexibility index (Phi) is 9.78. The molecule has 244 valence electrons. The number of carbonyl (C=O) groups excluding carboxylic acids is 2. The Morgan fingerprint density at radius 2 is 1.78 bits per heavy atom. The largest absolute Gasteiger partial charge is 0.455 e. The van der Waals surface area contributed by atoms with Crippen molar-refractivity contribution in [1.29, 1.82) is 0 Å². The summed E-state index contributed by atoms with van der Waals surface area (Å²) in [7, 11) is -0.620. The van der Waals surface area contributed by atoms with Gasteiger partial charge < -0.3 is 19.4 Å². The molecule has 1 aromatic heterocycles. The molecule has 4 aromatic rings. The second-order valence-corrected chi connectivity index (χ2v) is 14.9. The van der Waals surface area contributed by atoms with Crippen LogP contribution in [0.3, 0.4) is 0 Å². The zero-order valence-electron chi connectivity index (χ0n) is 26.4. The first-order valence-electron chi connectivity index (χ1n) is 15.0. The van der Waals surface area contributed by atoms with Gasteiger partial charge in [0, 0.05) is 42.1 Å². The van der Waals surface area contributed by atoms with E-state index in [9.17, 15) is 22.4 Å². The van der Waals surface area contributed by atoms with Crippen molar-refractivity contribution in [3.63, 3.8) is 0 Å². The normalized spacial score (nSPS) is 13.2. The van der Waals surface area contributed by atoms with E-state index in [4.69, 9.17) is 9.15 Å². The van der Waals surface area contributed by atoms with Gasteiger partial charge in [0.1, 0.15) is 17.2 Å². The summed E-state index contributed by atoms with van der Waals surface area (Å²) in [6.07, 6.45) is 2.49. The highest BCUT2D eigenvalue weighted by atomic mass is 79.9. The smallest absolute Gasteiger partial charge is 0.409 e. The molecule has 1 aliphatic carbocycles. The van der Waals surface area contributed by atoms with Gasteiger partial charge in [-0.15, -0.1) is 0 Å². The van der Waals surface area contributed by atoms with Crippen molar-refractivity contribution in [2.24, 2.45) is 5.92 Å². The molecule has 0 saturated heterocycles. The van der Waals surface area contributed by atoms with Crippen molar-refractivity contribution in [2.45, 2.75) is 45.7 Å². The first kappa shape index (κ1) is 33.5. The summed E-state index contributed by atoms with van der Waals surface area (Å²) in [4.78, 5) is 27.1. The standard InChI is InChI=1S/C34H37BrFN3O6S/c1-20(2)19-44-34(41)38(4)18-24-14-21(6-13-28(24)35)17-39(46(5,42)43)29-16-30-27(15-26(29)22-7-8-22)31(33(40)37-3)32(45-30)23-9-11-25(36)12-10-23/h6,9-16,20,22H,7-8,17-19H2,1-5H3,(H,37,40). The Hall–Kier alpha value is -3.90. The monoisotopic (exact) mass is 713 g/mol. The van der Waals surface area contributed by atoms with Crippen LogP contribution in [-0.2, 0) is 27.8 Å². The van der Waals surface area contributed by atoms with E-state index in [0.29, 0.717) is 40.0 Å². The van der Waals surface area contributed by atoms with Crippen LogP contribution in [0.4, 0.5) is 14.9 Å². The topological polar surface area (TPSA) is 109 Å². The number of benzene rings is 3. The molecule has 12 heteroatoms. The maximum absolute atomic E-state index is 13.7. The lowest BCUT2D eigenvalue weighted by atomic mass is 10.00. The molecule has 2 amide bonds. The summed E-state index contributed by atoms with van der Waals surface area (Å²) < 4.78 is 54.3. The number of hydrogen-bond acceptors (Lipinski definition) is 6. The van der Waals surface area contributed by atoms with Gasteiger partial charge in [0.2, 0.25) is 10.0 Å². The molecule has 0 bridgehead atoms. The zero-order chi connectivity index (χ0) is 33.3. The number of anilines is 1. The van der Waals surface area contributed by atoms with Crippen LogP contribution in [0.25, 0.3) is 22.3 Å². The molecule has 0 radical (unpaired) electrons. The number of furan rings is 1. The molecule has 5 rings (SSSR count). The number of hydrogen-bond donors (Lipinski definition) is 1. The maximum atomic E-state index is 13.7. The molecule has 9 nitrogen and oxygen atoms in total. The Morgan fingerprint density at radius 3 is 2.39 bits per heavy atom. The Morgan fingerprint density at radius 1 is 1.09 bits per heavy atom. The van der Waals surface area contributed by atoms with Gasteiger partial charge in [0.15, 0.2) is 0 Å². The Labute approximate surface area is 276 Å². The number of amides is 2. The van der Waals surface area contributed by atoms with Crippen LogP contribution >= 0.6 is 15.9 Å². The lowest BCUT2D eigenvalue weighted by Crippen LogP contribution is -2.30. The fourth-order valence-electron chi connectivity index (χ4n) is 5.30. The van der Waals surface area contributed by atoms with Gasteiger partial charge >= 0.3 is 6.09 Å². The summed E-state index contributed by atoms with van der Waals surface area (Å²) in [5.74, 6) is -0.186. The third-order valence-corrected chi connectivity index (χ3v) is 9.68. The molecule has 0 aliphatic heterocycles. The van der Waals surface area contributed by atoms with Crippen LogP contribution in [0.2, 0.25) is 0 Å². The molecule has 0 atom stereocenters. The molecule has 0 spiro atoms. The number of fused-ring (bicyclic) bond motifs is 1. The van der Waals surface area contributed by atoms with E-state index in [2.05, 4.69) is 21.2 Å². The highest BCUT2D eigenvalue weighted by Gasteiger charge is 2.33. The number of nitrogens with one attached hydrogen (secondary N) is 1. The summed E-state index contributed by atoms with van der Waals surface area (Å²) in [6.45, 7) is 4.52. The van der Waals surface area contributed by atoms with Crippen molar-refractivity contribution in [2.75, 3.05) is 31.3 Å². The van der Waals surface area contributed by atoms with Gasteiger partial charge in [0.05, 0.1) is 30.7 Å². The molecular formula is C34H37BrFN3O6S. The first-order chi connectivity index (χ1) is 21.8. The van der Waals surface area contributed by atoms with Gasteiger partial charge in [-0.25, -0.2) is 17.6 Å². The molecule has 1 heterocycles. The minimum atomic E-state index is -3.79. The van der Waals surface area contributed by atoms with Crippen LogP contribution in [0.1, 0.15) is 59.7 Å². The number of nitrogens with zero attached hydrogens (tertiary/aromatic N) is 2. The van der Waals surface area contributed by atoms with E-state index in [0.717, 1.165) is 34.7 Å². The van der Waals surface area contributed by atoms with E-state index < -0.39 is 21.9 Å². The average molecular weight is 715 g/mol.